The van der Waals surface area contributed by atoms with Gasteiger partial charge in [0.15, 0.2) is 0 Å². The molecule has 0 radical (unpaired) electrons. The van der Waals surface area contributed by atoms with Crippen LogP contribution in [0.2, 0.25) is 0 Å². The Hall–Kier alpha value is -4.55. The molecular formula is C24H16N4O2. The van der Waals surface area contributed by atoms with E-state index in [0.717, 1.165) is 10.9 Å². The van der Waals surface area contributed by atoms with E-state index in [1.54, 1.807) is 24.3 Å². The SMILES string of the molecule is N#Cc1c(N)[nH]c(=O)c(C#N)c1-c1ccc(OCc2ccc3ccccc3c2)cc1. The van der Waals surface area contributed by atoms with E-state index in [-0.39, 0.29) is 22.5 Å². The van der Waals surface area contributed by atoms with Gasteiger partial charge < -0.3 is 15.5 Å². The number of aromatic nitrogens is 1. The lowest BCUT2D eigenvalue weighted by Gasteiger charge is -2.11. The van der Waals surface area contributed by atoms with Crippen LogP contribution in [0.25, 0.3) is 21.9 Å². The molecule has 4 rings (SSSR count). The van der Waals surface area contributed by atoms with Gasteiger partial charge in [0, 0.05) is 5.56 Å². The average Bonchev–Trinajstić information content (AvgIpc) is 2.77. The van der Waals surface area contributed by atoms with E-state index in [9.17, 15) is 15.3 Å². The molecule has 0 saturated carbocycles. The van der Waals surface area contributed by atoms with Gasteiger partial charge in [-0.05, 0) is 40.1 Å². The molecule has 30 heavy (non-hydrogen) atoms. The number of hydrogen-bond donors (Lipinski definition) is 2. The normalized spacial score (nSPS) is 10.3. The van der Waals surface area contributed by atoms with Gasteiger partial charge in [-0.25, -0.2) is 0 Å². The van der Waals surface area contributed by atoms with Gasteiger partial charge in [-0.3, -0.25) is 4.79 Å². The minimum atomic E-state index is -0.624. The van der Waals surface area contributed by atoms with Crippen molar-refractivity contribution in [3.63, 3.8) is 0 Å². The maximum Gasteiger partial charge on any atom is 0.268 e. The highest BCUT2D eigenvalue weighted by Crippen LogP contribution is 2.29. The Balaban J connectivity index is 1.60. The molecule has 0 bridgehead atoms. The molecule has 0 amide bonds. The number of H-pyrrole nitrogens is 1. The van der Waals surface area contributed by atoms with Crippen LogP contribution in [0, 0.1) is 22.7 Å². The molecule has 1 heterocycles. The lowest BCUT2D eigenvalue weighted by Crippen LogP contribution is -2.16. The van der Waals surface area contributed by atoms with Gasteiger partial charge in [-0.2, -0.15) is 10.5 Å². The molecule has 0 aliphatic rings. The smallest absolute Gasteiger partial charge is 0.268 e. The minimum Gasteiger partial charge on any atom is -0.489 e. The molecule has 1 aromatic heterocycles. The fraction of sp³-hybridized carbons (Fsp3) is 0.0417. The second kappa shape index (κ2) is 7.83. The Bertz CT molecular complexity index is 1390. The quantitative estimate of drug-likeness (QED) is 0.542. The monoisotopic (exact) mass is 392 g/mol. The van der Waals surface area contributed by atoms with Crippen LogP contribution < -0.4 is 16.0 Å². The molecular weight excluding hydrogens is 376 g/mol. The van der Waals surface area contributed by atoms with Crippen molar-refractivity contribution in [3.05, 3.63) is 93.8 Å². The molecule has 6 heteroatoms. The van der Waals surface area contributed by atoms with Gasteiger partial charge in [-0.1, -0.05) is 48.5 Å². The van der Waals surface area contributed by atoms with E-state index in [1.807, 2.05) is 30.3 Å². The lowest BCUT2D eigenvalue weighted by molar-refractivity contribution is 0.306. The largest absolute Gasteiger partial charge is 0.489 e. The van der Waals surface area contributed by atoms with Crippen LogP contribution in [0.1, 0.15) is 16.7 Å². The first kappa shape index (κ1) is 18.8. The van der Waals surface area contributed by atoms with Crippen molar-refractivity contribution in [2.45, 2.75) is 6.61 Å². The van der Waals surface area contributed by atoms with Crippen molar-refractivity contribution in [2.75, 3.05) is 5.73 Å². The predicted octanol–water partition coefficient (Wildman–Crippen LogP) is 4.10. The van der Waals surface area contributed by atoms with Crippen LogP contribution in [-0.2, 0) is 6.61 Å². The highest BCUT2D eigenvalue weighted by Gasteiger charge is 2.18. The van der Waals surface area contributed by atoms with Crippen molar-refractivity contribution in [1.82, 2.24) is 4.98 Å². The number of aromatic amines is 1. The zero-order valence-electron chi connectivity index (χ0n) is 15.8. The van der Waals surface area contributed by atoms with Crippen molar-refractivity contribution < 1.29 is 4.74 Å². The van der Waals surface area contributed by atoms with E-state index in [4.69, 9.17) is 10.5 Å². The molecule has 6 nitrogen and oxygen atoms in total. The average molecular weight is 392 g/mol. The van der Waals surface area contributed by atoms with Gasteiger partial charge in [0.05, 0.1) is 0 Å². The number of anilines is 1. The van der Waals surface area contributed by atoms with Gasteiger partial charge in [0.2, 0.25) is 0 Å². The number of pyridine rings is 1. The van der Waals surface area contributed by atoms with Crippen LogP contribution in [0.4, 0.5) is 5.82 Å². The number of ether oxygens (including phenoxy) is 1. The zero-order valence-corrected chi connectivity index (χ0v) is 15.8. The standard InChI is InChI=1S/C24H16N4O2/c25-12-20-22(21(13-26)24(29)28-23(20)27)17-7-9-19(10-8-17)30-14-15-5-6-16-3-1-2-4-18(16)11-15/h1-11H,14H2,(H3,27,28,29). The van der Waals surface area contributed by atoms with Crippen LogP contribution in [0.15, 0.2) is 71.5 Å². The second-order valence-corrected chi connectivity index (χ2v) is 6.71. The van der Waals surface area contributed by atoms with E-state index in [0.29, 0.717) is 17.9 Å². The van der Waals surface area contributed by atoms with Gasteiger partial charge in [0.25, 0.3) is 5.56 Å². The summed E-state index contributed by atoms with van der Waals surface area (Å²) in [5.41, 5.74) is 6.86. The van der Waals surface area contributed by atoms with Gasteiger partial charge in [0.1, 0.15) is 41.4 Å². The number of fused-ring (bicyclic) bond motifs is 1. The summed E-state index contributed by atoms with van der Waals surface area (Å²) in [7, 11) is 0. The first-order valence-electron chi connectivity index (χ1n) is 9.17. The third-order valence-electron chi connectivity index (χ3n) is 4.83. The highest BCUT2D eigenvalue weighted by molar-refractivity contribution is 5.83. The topological polar surface area (TPSA) is 116 Å². The number of nitriles is 2. The maximum absolute atomic E-state index is 12.1. The summed E-state index contributed by atoms with van der Waals surface area (Å²) < 4.78 is 5.87. The number of nitrogens with zero attached hydrogens (tertiary/aromatic N) is 2. The summed E-state index contributed by atoms with van der Waals surface area (Å²) in [5, 5.41) is 21.1. The number of nitrogens with two attached hydrogens (primary N) is 1. The molecule has 4 aromatic rings. The Kier molecular flexibility index (Phi) is 4.90. The van der Waals surface area contributed by atoms with Crippen molar-refractivity contribution >= 4 is 16.6 Å². The molecule has 3 aromatic carbocycles. The Labute approximate surface area is 172 Å². The summed E-state index contributed by atoms with van der Waals surface area (Å²) in [4.78, 5) is 14.4. The summed E-state index contributed by atoms with van der Waals surface area (Å²) in [5.74, 6) is 0.565. The first-order chi connectivity index (χ1) is 14.6. The third kappa shape index (κ3) is 3.46. The Morgan fingerprint density at radius 2 is 1.60 bits per heavy atom. The fourth-order valence-corrected chi connectivity index (χ4v) is 3.35. The van der Waals surface area contributed by atoms with E-state index in [1.165, 1.54) is 5.39 Å². The van der Waals surface area contributed by atoms with E-state index >= 15 is 0 Å². The summed E-state index contributed by atoms with van der Waals surface area (Å²) in [6.07, 6.45) is 0. The van der Waals surface area contributed by atoms with Crippen molar-refractivity contribution in [1.29, 1.82) is 10.5 Å². The molecule has 0 atom stereocenters. The fourth-order valence-electron chi connectivity index (χ4n) is 3.35. The molecule has 144 valence electrons. The third-order valence-corrected chi connectivity index (χ3v) is 4.83. The molecule has 0 aliphatic heterocycles. The van der Waals surface area contributed by atoms with Crippen LogP contribution >= 0.6 is 0 Å². The molecule has 0 aliphatic carbocycles. The highest BCUT2D eigenvalue weighted by atomic mass is 16.5. The molecule has 3 N–H and O–H groups in total. The number of rotatable bonds is 4. The Morgan fingerprint density at radius 1 is 0.900 bits per heavy atom. The summed E-state index contributed by atoms with van der Waals surface area (Å²) in [6, 6.07) is 25.0. The molecule has 0 spiro atoms. The van der Waals surface area contributed by atoms with Crippen LogP contribution in [0.3, 0.4) is 0 Å². The summed E-state index contributed by atoms with van der Waals surface area (Å²) >= 11 is 0. The predicted molar refractivity (Wildman–Crippen MR) is 115 cm³/mol. The summed E-state index contributed by atoms with van der Waals surface area (Å²) in [6.45, 7) is 0.398. The maximum atomic E-state index is 12.1. The van der Waals surface area contributed by atoms with E-state index in [2.05, 4.69) is 29.2 Å². The molecule has 0 unspecified atom stereocenters. The number of nitrogens with one attached hydrogen (secondary N) is 1. The van der Waals surface area contributed by atoms with E-state index < -0.39 is 5.56 Å². The van der Waals surface area contributed by atoms with Gasteiger partial charge in [-0.15, -0.1) is 0 Å². The number of nitrogen functional groups attached to an aromatic ring is 1. The van der Waals surface area contributed by atoms with Gasteiger partial charge >= 0.3 is 0 Å². The van der Waals surface area contributed by atoms with Crippen LogP contribution in [0.5, 0.6) is 5.75 Å². The second-order valence-electron chi connectivity index (χ2n) is 6.71. The first-order valence-corrected chi connectivity index (χ1v) is 9.17. The number of hydrogen-bond acceptors (Lipinski definition) is 5. The Morgan fingerprint density at radius 3 is 2.30 bits per heavy atom. The van der Waals surface area contributed by atoms with Crippen molar-refractivity contribution in [3.8, 4) is 29.0 Å². The number of benzene rings is 3. The van der Waals surface area contributed by atoms with Crippen molar-refractivity contribution in [2.24, 2.45) is 0 Å². The lowest BCUT2D eigenvalue weighted by atomic mass is 9.96. The van der Waals surface area contributed by atoms with Crippen LogP contribution in [-0.4, -0.2) is 4.98 Å². The minimum absolute atomic E-state index is 0.0619. The molecule has 0 fully saturated rings. The zero-order chi connectivity index (χ0) is 21.1. The molecule has 0 saturated heterocycles.